The Labute approximate surface area is 102 Å². The van der Waals surface area contributed by atoms with E-state index in [0.29, 0.717) is 18.9 Å². The summed E-state index contributed by atoms with van der Waals surface area (Å²) in [6.45, 7) is 5.32. The molecule has 0 aromatic heterocycles. The first-order valence-electron chi connectivity index (χ1n) is 6.14. The molecule has 1 atom stereocenters. The highest BCUT2D eigenvalue weighted by Crippen LogP contribution is 2.21. The largest absolute Gasteiger partial charge is 0.481 e. The first-order valence-corrected chi connectivity index (χ1v) is 6.14. The molecule has 1 fully saturated rings. The van der Waals surface area contributed by atoms with Crippen LogP contribution < -0.4 is 0 Å². The van der Waals surface area contributed by atoms with Gasteiger partial charge in [-0.25, -0.2) is 0 Å². The predicted molar refractivity (Wildman–Crippen MR) is 65.6 cm³/mol. The van der Waals surface area contributed by atoms with Crippen molar-refractivity contribution in [2.75, 3.05) is 13.1 Å². The van der Waals surface area contributed by atoms with Gasteiger partial charge in [0.05, 0.1) is 0 Å². The molecular formula is C13H21NO3. The van der Waals surface area contributed by atoms with Crippen LogP contribution in [0.1, 0.15) is 39.5 Å². The Hall–Kier alpha value is -1.32. The van der Waals surface area contributed by atoms with Crippen LogP contribution in [0, 0.1) is 5.92 Å². The summed E-state index contributed by atoms with van der Waals surface area (Å²) in [4.78, 5) is 24.2. The normalized spacial score (nSPS) is 19.9. The second kappa shape index (κ2) is 6.42. The fourth-order valence-electron chi connectivity index (χ4n) is 2.17. The monoisotopic (exact) mass is 239 g/mol. The molecule has 0 aromatic rings. The van der Waals surface area contributed by atoms with Crippen molar-refractivity contribution in [2.24, 2.45) is 5.92 Å². The van der Waals surface area contributed by atoms with Crippen LogP contribution in [0.4, 0.5) is 0 Å². The Morgan fingerprint density at radius 2 is 2.12 bits per heavy atom. The van der Waals surface area contributed by atoms with Gasteiger partial charge in [0.1, 0.15) is 0 Å². The molecule has 1 saturated heterocycles. The van der Waals surface area contributed by atoms with Crippen LogP contribution in [-0.4, -0.2) is 35.0 Å². The zero-order chi connectivity index (χ0) is 12.8. The number of rotatable bonds is 4. The lowest BCUT2D eigenvalue weighted by Gasteiger charge is -2.32. The molecule has 0 saturated carbocycles. The second-order valence-electron chi connectivity index (χ2n) is 4.95. The molecule has 1 N–H and O–H groups in total. The molecule has 96 valence electrons. The van der Waals surface area contributed by atoms with Crippen LogP contribution in [0.15, 0.2) is 11.6 Å². The molecule has 1 heterocycles. The fraction of sp³-hybridized carbons (Fsp3) is 0.692. The van der Waals surface area contributed by atoms with Crippen LogP contribution in [0.5, 0.6) is 0 Å². The van der Waals surface area contributed by atoms with Gasteiger partial charge in [-0.1, -0.05) is 5.57 Å². The minimum atomic E-state index is -0.752. The van der Waals surface area contributed by atoms with Gasteiger partial charge >= 0.3 is 5.97 Å². The maximum absolute atomic E-state index is 11.8. The van der Waals surface area contributed by atoms with Gasteiger partial charge in [-0.15, -0.1) is 0 Å². The van der Waals surface area contributed by atoms with Gasteiger partial charge in [-0.3, -0.25) is 9.59 Å². The molecule has 0 aromatic carbocycles. The topological polar surface area (TPSA) is 57.6 Å². The third-order valence-corrected chi connectivity index (χ3v) is 3.01. The second-order valence-corrected chi connectivity index (χ2v) is 4.95. The van der Waals surface area contributed by atoms with E-state index in [1.807, 2.05) is 18.7 Å². The summed E-state index contributed by atoms with van der Waals surface area (Å²) in [5.41, 5.74) is 1.00. The molecular weight excluding hydrogens is 218 g/mol. The van der Waals surface area contributed by atoms with E-state index in [2.05, 4.69) is 0 Å². The number of carboxylic acid groups (broad SMARTS) is 1. The minimum Gasteiger partial charge on any atom is -0.481 e. The van der Waals surface area contributed by atoms with Gasteiger partial charge in [0, 0.05) is 25.6 Å². The van der Waals surface area contributed by atoms with Crippen molar-refractivity contribution in [1.29, 1.82) is 0 Å². The lowest BCUT2D eigenvalue weighted by atomic mass is 9.93. The van der Waals surface area contributed by atoms with E-state index in [1.165, 1.54) is 0 Å². The molecule has 4 nitrogen and oxygen atoms in total. The highest BCUT2D eigenvalue weighted by molar-refractivity contribution is 5.88. The van der Waals surface area contributed by atoms with Crippen molar-refractivity contribution in [1.82, 2.24) is 4.90 Å². The molecule has 1 rings (SSSR count). The Bertz CT molecular complexity index is 319. The van der Waals surface area contributed by atoms with Gasteiger partial charge in [0.15, 0.2) is 0 Å². The first-order chi connectivity index (χ1) is 7.99. The number of nitrogens with zero attached hydrogens (tertiary/aromatic N) is 1. The summed E-state index contributed by atoms with van der Waals surface area (Å²) in [7, 11) is 0. The number of hydrogen-bond acceptors (Lipinski definition) is 2. The summed E-state index contributed by atoms with van der Waals surface area (Å²) in [5, 5.41) is 8.65. The zero-order valence-electron chi connectivity index (χ0n) is 10.6. The van der Waals surface area contributed by atoms with Gasteiger partial charge in [0.2, 0.25) is 5.91 Å². The van der Waals surface area contributed by atoms with Crippen molar-refractivity contribution < 1.29 is 14.7 Å². The summed E-state index contributed by atoms with van der Waals surface area (Å²) >= 11 is 0. The lowest BCUT2D eigenvalue weighted by Crippen LogP contribution is -2.39. The standard InChI is InChI=1S/C13H21NO3/c1-10(2)8-12(15)14-7-3-4-11(9-14)5-6-13(16)17/h8,11H,3-7,9H2,1-2H3,(H,16,17). The van der Waals surface area contributed by atoms with E-state index >= 15 is 0 Å². The van der Waals surface area contributed by atoms with Crippen LogP contribution in [0.3, 0.4) is 0 Å². The van der Waals surface area contributed by atoms with E-state index in [0.717, 1.165) is 25.0 Å². The van der Waals surface area contributed by atoms with Crippen molar-refractivity contribution >= 4 is 11.9 Å². The van der Waals surface area contributed by atoms with Gasteiger partial charge in [-0.05, 0) is 39.0 Å². The Morgan fingerprint density at radius 3 is 2.71 bits per heavy atom. The molecule has 1 amide bonds. The van der Waals surface area contributed by atoms with E-state index in [9.17, 15) is 9.59 Å². The van der Waals surface area contributed by atoms with Crippen molar-refractivity contribution in [3.8, 4) is 0 Å². The number of carbonyl (C=O) groups excluding carboxylic acids is 1. The van der Waals surface area contributed by atoms with Crippen LogP contribution >= 0.6 is 0 Å². The number of allylic oxidation sites excluding steroid dienone is 1. The SMILES string of the molecule is CC(C)=CC(=O)N1CCCC(CCC(=O)O)C1. The maximum atomic E-state index is 11.8. The van der Waals surface area contributed by atoms with Gasteiger partial charge in [-0.2, -0.15) is 0 Å². The number of amides is 1. The third kappa shape index (κ3) is 5.02. The quantitative estimate of drug-likeness (QED) is 0.764. The van der Waals surface area contributed by atoms with Crippen molar-refractivity contribution in [3.05, 3.63) is 11.6 Å². The molecule has 4 heteroatoms. The number of carboxylic acids is 1. The van der Waals surface area contributed by atoms with Crippen LogP contribution in [-0.2, 0) is 9.59 Å². The van der Waals surface area contributed by atoms with Crippen molar-refractivity contribution in [2.45, 2.75) is 39.5 Å². The van der Waals surface area contributed by atoms with Crippen molar-refractivity contribution in [3.63, 3.8) is 0 Å². The van der Waals surface area contributed by atoms with Gasteiger partial charge < -0.3 is 10.0 Å². The van der Waals surface area contributed by atoms with Gasteiger partial charge in [0.25, 0.3) is 0 Å². The number of aliphatic carboxylic acids is 1. The molecule has 0 aliphatic carbocycles. The predicted octanol–water partition coefficient (Wildman–Crippen LogP) is 2.06. The number of piperidine rings is 1. The Kier molecular flexibility index (Phi) is 5.19. The van der Waals surface area contributed by atoms with E-state index in [1.54, 1.807) is 6.08 Å². The average molecular weight is 239 g/mol. The summed E-state index contributed by atoms with van der Waals surface area (Å²) in [6.07, 6.45) is 4.54. The lowest BCUT2D eigenvalue weighted by molar-refractivity contribution is -0.137. The first kappa shape index (κ1) is 13.7. The molecule has 17 heavy (non-hydrogen) atoms. The Morgan fingerprint density at radius 1 is 1.41 bits per heavy atom. The smallest absolute Gasteiger partial charge is 0.303 e. The van der Waals surface area contributed by atoms with E-state index in [-0.39, 0.29) is 12.3 Å². The number of carbonyl (C=O) groups is 2. The molecule has 0 spiro atoms. The molecule has 1 aliphatic rings. The Balaban J connectivity index is 2.46. The molecule has 0 bridgehead atoms. The average Bonchev–Trinajstić information content (AvgIpc) is 2.26. The minimum absolute atomic E-state index is 0.0602. The summed E-state index contributed by atoms with van der Waals surface area (Å²) in [6, 6.07) is 0. The highest BCUT2D eigenvalue weighted by atomic mass is 16.4. The summed E-state index contributed by atoms with van der Waals surface area (Å²) < 4.78 is 0. The fourth-order valence-corrected chi connectivity index (χ4v) is 2.17. The van der Waals surface area contributed by atoms with E-state index in [4.69, 9.17) is 5.11 Å². The zero-order valence-corrected chi connectivity index (χ0v) is 10.6. The molecule has 1 aliphatic heterocycles. The number of likely N-dealkylation sites (tertiary alicyclic amines) is 1. The summed E-state index contributed by atoms with van der Waals surface area (Å²) in [5.74, 6) is -0.350. The molecule has 1 unspecified atom stereocenters. The van der Waals surface area contributed by atoms with Crippen LogP contribution in [0.25, 0.3) is 0 Å². The third-order valence-electron chi connectivity index (χ3n) is 3.01. The van der Waals surface area contributed by atoms with E-state index < -0.39 is 5.97 Å². The maximum Gasteiger partial charge on any atom is 0.303 e. The molecule has 0 radical (unpaired) electrons. The van der Waals surface area contributed by atoms with Crippen LogP contribution in [0.2, 0.25) is 0 Å². The highest BCUT2D eigenvalue weighted by Gasteiger charge is 2.22. The number of hydrogen-bond donors (Lipinski definition) is 1.